The van der Waals surface area contributed by atoms with Crippen LogP contribution in [0.1, 0.15) is 49.5 Å². The van der Waals surface area contributed by atoms with Gasteiger partial charge in [-0.1, -0.05) is 12.1 Å². The van der Waals surface area contributed by atoms with Crippen LogP contribution < -0.4 is 5.73 Å². The molecule has 1 aromatic carbocycles. The van der Waals surface area contributed by atoms with Crippen molar-refractivity contribution in [3.63, 3.8) is 0 Å². The SMILES string of the molecule is CN(C(N)=NCc1cccc(C(=O)OC(C)(C)C)c1)C1CC1. The summed E-state index contributed by atoms with van der Waals surface area (Å²) < 4.78 is 5.37. The van der Waals surface area contributed by atoms with Gasteiger partial charge in [0.25, 0.3) is 0 Å². The van der Waals surface area contributed by atoms with E-state index in [1.807, 2.05) is 50.9 Å². The van der Waals surface area contributed by atoms with Gasteiger partial charge in [0.15, 0.2) is 5.96 Å². The predicted octanol–water partition coefficient (Wildman–Crippen LogP) is 2.55. The van der Waals surface area contributed by atoms with Gasteiger partial charge in [-0.25, -0.2) is 9.79 Å². The molecule has 2 rings (SSSR count). The van der Waals surface area contributed by atoms with Crippen LogP contribution >= 0.6 is 0 Å². The Morgan fingerprint density at radius 1 is 1.41 bits per heavy atom. The molecule has 0 aromatic heterocycles. The zero-order chi connectivity index (χ0) is 16.3. The molecule has 5 heteroatoms. The van der Waals surface area contributed by atoms with Crippen molar-refractivity contribution in [2.75, 3.05) is 7.05 Å². The van der Waals surface area contributed by atoms with Crippen LogP contribution in [0.3, 0.4) is 0 Å². The standard InChI is InChI=1S/C17H25N3O2/c1-17(2,3)22-15(21)13-7-5-6-12(10-13)11-19-16(18)20(4)14-8-9-14/h5-7,10,14H,8-9,11H2,1-4H3,(H2,18,19). The molecule has 1 aliphatic rings. The first kappa shape index (κ1) is 16.3. The second-order valence-electron chi connectivity index (χ2n) is 6.72. The molecule has 22 heavy (non-hydrogen) atoms. The summed E-state index contributed by atoms with van der Waals surface area (Å²) in [5, 5.41) is 0. The molecule has 0 amide bonds. The maximum Gasteiger partial charge on any atom is 0.338 e. The van der Waals surface area contributed by atoms with Gasteiger partial charge in [0, 0.05) is 13.1 Å². The number of aliphatic imine (C=N–C) groups is 1. The number of guanidine groups is 1. The highest BCUT2D eigenvalue weighted by atomic mass is 16.6. The lowest BCUT2D eigenvalue weighted by atomic mass is 10.1. The van der Waals surface area contributed by atoms with Crippen LogP contribution in [0.5, 0.6) is 0 Å². The molecule has 1 fully saturated rings. The van der Waals surface area contributed by atoms with E-state index in [1.165, 1.54) is 12.8 Å². The number of nitrogens with zero attached hydrogens (tertiary/aromatic N) is 2. The maximum atomic E-state index is 12.1. The fourth-order valence-corrected chi connectivity index (χ4v) is 2.07. The normalized spacial score (nSPS) is 15.5. The molecule has 5 nitrogen and oxygen atoms in total. The van der Waals surface area contributed by atoms with Crippen molar-refractivity contribution in [1.29, 1.82) is 0 Å². The lowest BCUT2D eigenvalue weighted by molar-refractivity contribution is 0.00694. The van der Waals surface area contributed by atoms with Gasteiger partial charge < -0.3 is 15.4 Å². The molecule has 1 aliphatic carbocycles. The third-order valence-corrected chi connectivity index (χ3v) is 3.44. The van der Waals surface area contributed by atoms with Crippen LogP contribution in [0.2, 0.25) is 0 Å². The van der Waals surface area contributed by atoms with E-state index in [-0.39, 0.29) is 5.97 Å². The molecule has 1 aromatic rings. The molecule has 0 unspecified atom stereocenters. The van der Waals surface area contributed by atoms with Crippen LogP contribution in [-0.4, -0.2) is 35.5 Å². The van der Waals surface area contributed by atoms with Crippen molar-refractivity contribution < 1.29 is 9.53 Å². The quantitative estimate of drug-likeness (QED) is 0.527. The minimum Gasteiger partial charge on any atom is -0.456 e. The van der Waals surface area contributed by atoms with Gasteiger partial charge >= 0.3 is 5.97 Å². The first-order valence-electron chi connectivity index (χ1n) is 7.61. The molecule has 1 saturated carbocycles. The highest BCUT2D eigenvalue weighted by molar-refractivity contribution is 5.89. The first-order chi connectivity index (χ1) is 10.3. The van der Waals surface area contributed by atoms with Crippen LogP contribution in [0.4, 0.5) is 0 Å². The predicted molar refractivity (Wildman–Crippen MR) is 87.7 cm³/mol. The van der Waals surface area contributed by atoms with Crippen LogP contribution in [0.25, 0.3) is 0 Å². The van der Waals surface area contributed by atoms with Gasteiger partial charge in [0.2, 0.25) is 0 Å². The van der Waals surface area contributed by atoms with Gasteiger partial charge in [-0.3, -0.25) is 0 Å². The Labute approximate surface area is 132 Å². The zero-order valence-corrected chi connectivity index (χ0v) is 13.8. The second kappa shape index (κ2) is 6.38. The van der Waals surface area contributed by atoms with Crippen LogP contribution in [0.15, 0.2) is 29.3 Å². The summed E-state index contributed by atoms with van der Waals surface area (Å²) in [4.78, 5) is 18.5. The van der Waals surface area contributed by atoms with E-state index in [1.54, 1.807) is 6.07 Å². The molecule has 0 radical (unpaired) electrons. The number of carbonyl (C=O) groups is 1. The van der Waals surface area contributed by atoms with E-state index in [0.29, 0.717) is 24.1 Å². The molecule has 0 heterocycles. The fourth-order valence-electron chi connectivity index (χ4n) is 2.07. The van der Waals surface area contributed by atoms with Gasteiger partial charge in [0.1, 0.15) is 5.60 Å². The van der Waals surface area contributed by atoms with Gasteiger partial charge in [-0.15, -0.1) is 0 Å². The third kappa shape index (κ3) is 4.76. The monoisotopic (exact) mass is 303 g/mol. The van der Waals surface area contributed by atoms with Crippen molar-refractivity contribution in [1.82, 2.24) is 4.90 Å². The van der Waals surface area contributed by atoms with Crippen LogP contribution in [0, 0.1) is 0 Å². The Bertz CT molecular complexity index is 572. The van der Waals surface area contributed by atoms with Crippen molar-refractivity contribution in [3.05, 3.63) is 35.4 Å². The molecule has 120 valence electrons. The Kier molecular flexibility index (Phi) is 4.74. The summed E-state index contributed by atoms with van der Waals surface area (Å²) in [6.07, 6.45) is 2.36. The molecule has 0 atom stereocenters. The molecule has 0 saturated heterocycles. The molecule has 0 aliphatic heterocycles. The highest BCUT2D eigenvalue weighted by Gasteiger charge is 2.27. The van der Waals surface area contributed by atoms with E-state index >= 15 is 0 Å². The summed E-state index contributed by atoms with van der Waals surface area (Å²) in [7, 11) is 1.97. The second-order valence-corrected chi connectivity index (χ2v) is 6.72. The number of rotatable bonds is 4. The van der Waals surface area contributed by atoms with Crippen LogP contribution in [-0.2, 0) is 11.3 Å². The molecular formula is C17H25N3O2. The smallest absolute Gasteiger partial charge is 0.338 e. The summed E-state index contributed by atoms with van der Waals surface area (Å²) in [6, 6.07) is 7.87. The van der Waals surface area contributed by atoms with Crippen molar-refractivity contribution in [2.24, 2.45) is 10.7 Å². The van der Waals surface area contributed by atoms with E-state index in [4.69, 9.17) is 10.5 Å². The Morgan fingerprint density at radius 3 is 2.68 bits per heavy atom. The topological polar surface area (TPSA) is 67.9 Å². The highest BCUT2D eigenvalue weighted by Crippen LogP contribution is 2.25. The Hall–Kier alpha value is -2.04. The average Bonchev–Trinajstić information content (AvgIpc) is 3.27. The fraction of sp³-hybridized carbons (Fsp3) is 0.529. The van der Waals surface area contributed by atoms with Gasteiger partial charge in [0.05, 0.1) is 12.1 Å². The summed E-state index contributed by atoms with van der Waals surface area (Å²) in [5.74, 6) is 0.228. The number of hydrogen-bond donors (Lipinski definition) is 1. The largest absolute Gasteiger partial charge is 0.456 e. The number of carbonyl (C=O) groups excluding carboxylic acids is 1. The molecule has 0 bridgehead atoms. The minimum absolute atomic E-state index is 0.318. The lowest BCUT2D eigenvalue weighted by Gasteiger charge is -2.19. The summed E-state index contributed by atoms with van der Waals surface area (Å²) >= 11 is 0. The molecule has 0 spiro atoms. The number of ether oxygens (including phenoxy) is 1. The number of esters is 1. The molecular weight excluding hydrogens is 278 g/mol. The Balaban J connectivity index is 2.02. The van der Waals surface area contributed by atoms with E-state index in [0.717, 1.165) is 5.56 Å². The average molecular weight is 303 g/mol. The molecule has 2 N–H and O–H groups in total. The summed E-state index contributed by atoms with van der Waals surface area (Å²) in [5.41, 5.74) is 6.95. The first-order valence-corrected chi connectivity index (χ1v) is 7.61. The van der Waals surface area contributed by atoms with Crippen molar-refractivity contribution in [3.8, 4) is 0 Å². The van der Waals surface area contributed by atoms with Gasteiger partial charge in [-0.05, 0) is 51.3 Å². The van der Waals surface area contributed by atoms with E-state index < -0.39 is 5.60 Å². The summed E-state index contributed by atoms with van der Waals surface area (Å²) in [6.45, 7) is 6.02. The third-order valence-electron chi connectivity index (χ3n) is 3.44. The Morgan fingerprint density at radius 2 is 2.09 bits per heavy atom. The number of benzene rings is 1. The van der Waals surface area contributed by atoms with E-state index in [9.17, 15) is 4.79 Å². The minimum atomic E-state index is -0.497. The number of hydrogen-bond acceptors (Lipinski definition) is 3. The van der Waals surface area contributed by atoms with Gasteiger partial charge in [-0.2, -0.15) is 0 Å². The maximum absolute atomic E-state index is 12.1. The number of nitrogens with two attached hydrogens (primary N) is 1. The van der Waals surface area contributed by atoms with E-state index in [2.05, 4.69) is 4.99 Å². The van der Waals surface area contributed by atoms with Crippen molar-refractivity contribution >= 4 is 11.9 Å². The zero-order valence-electron chi connectivity index (χ0n) is 13.8. The van der Waals surface area contributed by atoms with Crippen molar-refractivity contribution in [2.45, 2.75) is 51.8 Å². The lowest BCUT2D eigenvalue weighted by Crippen LogP contribution is -2.35.